The molecule has 0 aliphatic carbocycles. The summed E-state index contributed by atoms with van der Waals surface area (Å²) in [7, 11) is 3.67. The quantitative estimate of drug-likeness (QED) is 0.732. The van der Waals surface area contributed by atoms with Crippen molar-refractivity contribution >= 4 is 17.5 Å². The number of aromatic amines is 1. The van der Waals surface area contributed by atoms with Crippen LogP contribution in [0.4, 0.5) is 5.95 Å². The maximum atomic E-state index is 13.0. The van der Waals surface area contributed by atoms with Crippen molar-refractivity contribution in [3.05, 3.63) is 57.4 Å². The van der Waals surface area contributed by atoms with Crippen LogP contribution >= 0.6 is 0 Å². The Labute approximate surface area is 156 Å². The summed E-state index contributed by atoms with van der Waals surface area (Å²) < 4.78 is 1.85. The lowest BCUT2D eigenvalue weighted by Gasteiger charge is -2.18. The zero-order chi connectivity index (χ0) is 19.1. The highest BCUT2D eigenvalue weighted by Gasteiger charge is 2.24. The van der Waals surface area contributed by atoms with Crippen molar-refractivity contribution in [2.24, 2.45) is 0 Å². The van der Waals surface area contributed by atoms with Gasteiger partial charge in [-0.25, -0.2) is 9.97 Å². The smallest absolute Gasteiger partial charge is 0.274 e. The number of carbonyl (C=O) groups excluding carboxylic acids is 1. The van der Waals surface area contributed by atoms with E-state index in [1.165, 1.54) is 0 Å². The number of pyridine rings is 1. The Morgan fingerprint density at radius 2 is 2.00 bits per heavy atom. The van der Waals surface area contributed by atoms with Crippen LogP contribution in [-0.4, -0.2) is 57.3 Å². The van der Waals surface area contributed by atoms with Gasteiger partial charge < -0.3 is 14.2 Å². The van der Waals surface area contributed by atoms with Crippen LogP contribution in [0.5, 0.6) is 0 Å². The summed E-state index contributed by atoms with van der Waals surface area (Å²) in [6, 6.07) is 3.92. The standard InChI is InChI=1S/C19H22N6O2/c1-12-4-7-25-11-15(20-16(25)10-12)18(27)24-8-5-13-14(6-9-24)21-19(23(2)3)22-17(13)26/h4,7,10-11H,5-6,8-9H2,1-3H3,(H,21,22,26). The molecule has 1 aliphatic rings. The van der Waals surface area contributed by atoms with Crippen LogP contribution < -0.4 is 10.5 Å². The Balaban J connectivity index is 1.59. The number of rotatable bonds is 2. The Kier molecular flexibility index (Phi) is 4.18. The van der Waals surface area contributed by atoms with Crippen LogP contribution in [0.2, 0.25) is 0 Å². The van der Waals surface area contributed by atoms with Crippen LogP contribution in [-0.2, 0) is 12.8 Å². The molecule has 0 bridgehead atoms. The minimum Gasteiger partial charge on any atom is -0.348 e. The summed E-state index contributed by atoms with van der Waals surface area (Å²) in [6.45, 7) is 2.99. The van der Waals surface area contributed by atoms with E-state index in [9.17, 15) is 9.59 Å². The predicted octanol–water partition coefficient (Wildman–Crippen LogP) is 1.03. The van der Waals surface area contributed by atoms with Crippen LogP contribution in [0.1, 0.15) is 27.3 Å². The van der Waals surface area contributed by atoms with Crippen molar-refractivity contribution in [1.29, 1.82) is 0 Å². The summed E-state index contributed by atoms with van der Waals surface area (Å²) in [4.78, 5) is 40.7. The summed E-state index contributed by atoms with van der Waals surface area (Å²) in [5.74, 6) is 0.419. The van der Waals surface area contributed by atoms with Gasteiger partial charge in [-0.3, -0.25) is 14.6 Å². The molecule has 0 spiro atoms. The second kappa shape index (κ2) is 6.53. The van der Waals surface area contributed by atoms with Gasteiger partial charge in [-0.15, -0.1) is 0 Å². The van der Waals surface area contributed by atoms with Crippen LogP contribution in [0, 0.1) is 6.92 Å². The Hall–Kier alpha value is -3.16. The monoisotopic (exact) mass is 366 g/mol. The number of imidazole rings is 1. The van der Waals surface area contributed by atoms with E-state index < -0.39 is 0 Å². The topological polar surface area (TPSA) is 86.6 Å². The van der Waals surface area contributed by atoms with Gasteiger partial charge in [0.25, 0.3) is 11.5 Å². The van der Waals surface area contributed by atoms with Crippen LogP contribution in [0.15, 0.2) is 29.3 Å². The fourth-order valence-corrected chi connectivity index (χ4v) is 3.36. The van der Waals surface area contributed by atoms with Crippen molar-refractivity contribution in [2.45, 2.75) is 19.8 Å². The molecule has 0 radical (unpaired) electrons. The van der Waals surface area contributed by atoms with E-state index in [-0.39, 0.29) is 11.5 Å². The van der Waals surface area contributed by atoms with Gasteiger partial charge in [0.1, 0.15) is 11.3 Å². The third-order valence-electron chi connectivity index (χ3n) is 4.88. The molecule has 4 rings (SSSR count). The van der Waals surface area contributed by atoms with Crippen molar-refractivity contribution in [3.63, 3.8) is 0 Å². The first-order valence-corrected chi connectivity index (χ1v) is 8.96. The van der Waals surface area contributed by atoms with E-state index in [4.69, 9.17) is 0 Å². The number of nitrogens with zero attached hydrogens (tertiary/aromatic N) is 5. The average molecular weight is 366 g/mol. The molecule has 3 aromatic rings. The maximum absolute atomic E-state index is 13.0. The second-order valence-electron chi connectivity index (χ2n) is 7.10. The third kappa shape index (κ3) is 3.18. The molecule has 27 heavy (non-hydrogen) atoms. The largest absolute Gasteiger partial charge is 0.348 e. The summed E-state index contributed by atoms with van der Waals surface area (Å²) in [5, 5.41) is 0. The minimum absolute atomic E-state index is 0.117. The van der Waals surface area contributed by atoms with E-state index >= 15 is 0 Å². The van der Waals surface area contributed by atoms with Gasteiger partial charge >= 0.3 is 0 Å². The second-order valence-corrected chi connectivity index (χ2v) is 7.10. The lowest BCUT2D eigenvalue weighted by Crippen LogP contribution is -2.33. The van der Waals surface area contributed by atoms with E-state index in [1.807, 2.05) is 43.7 Å². The number of fused-ring (bicyclic) bond motifs is 2. The third-order valence-corrected chi connectivity index (χ3v) is 4.88. The van der Waals surface area contributed by atoms with Crippen molar-refractivity contribution in [2.75, 3.05) is 32.1 Å². The van der Waals surface area contributed by atoms with Gasteiger partial charge in [0.05, 0.1) is 5.69 Å². The molecule has 1 amide bonds. The van der Waals surface area contributed by atoms with Crippen molar-refractivity contribution in [1.82, 2.24) is 24.3 Å². The van der Waals surface area contributed by atoms with E-state index in [0.717, 1.165) is 16.9 Å². The number of nitrogens with one attached hydrogen (secondary N) is 1. The molecule has 8 heteroatoms. The van der Waals surface area contributed by atoms with E-state index in [2.05, 4.69) is 15.0 Å². The van der Waals surface area contributed by atoms with Gasteiger partial charge in [0, 0.05) is 51.6 Å². The highest BCUT2D eigenvalue weighted by atomic mass is 16.2. The first-order chi connectivity index (χ1) is 12.9. The van der Waals surface area contributed by atoms with Crippen LogP contribution in [0.3, 0.4) is 0 Å². The fraction of sp³-hybridized carbons (Fsp3) is 0.368. The Bertz CT molecular complexity index is 1080. The summed E-state index contributed by atoms with van der Waals surface area (Å²) in [5.41, 5.74) is 3.58. The highest BCUT2D eigenvalue weighted by molar-refractivity contribution is 5.93. The highest BCUT2D eigenvalue weighted by Crippen LogP contribution is 2.16. The minimum atomic E-state index is -0.124. The molecular formula is C19H22N6O2. The number of carbonyl (C=O) groups is 1. The average Bonchev–Trinajstić information content (AvgIpc) is 2.92. The fourth-order valence-electron chi connectivity index (χ4n) is 3.36. The maximum Gasteiger partial charge on any atom is 0.274 e. The van der Waals surface area contributed by atoms with Gasteiger partial charge in [0.2, 0.25) is 5.95 Å². The molecule has 1 aliphatic heterocycles. The molecule has 3 aromatic heterocycles. The first kappa shape index (κ1) is 17.3. The first-order valence-electron chi connectivity index (χ1n) is 8.96. The SMILES string of the molecule is Cc1ccn2cc(C(=O)N3CCc4nc(N(C)C)[nH]c(=O)c4CC3)nc2c1. The van der Waals surface area contributed by atoms with E-state index in [0.29, 0.717) is 43.1 Å². The molecule has 1 N–H and O–H groups in total. The number of amides is 1. The molecular weight excluding hydrogens is 344 g/mol. The molecule has 0 saturated heterocycles. The summed E-state index contributed by atoms with van der Waals surface area (Å²) >= 11 is 0. The van der Waals surface area contributed by atoms with Crippen LogP contribution in [0.25, 0.3) is 5.65 Å². The van der Waals surface area contributed by atoms with Gasteiger partial charge in [0.15, 0.2) is 0 Å². The number of H-pyrrole nitrogens is 1. The number of aromatic nitrogens is 4. The normalized spacial score (nSPS) is 14.1. The molecule has 4 heterocycles. The van der Waals surface area contributed by atoms with Gasteiger partial charge in [-0.1, -0.05) is 0 Å². The zero-order valence-electron chi connectivity index (χ0n) is 15.7. The molecule has 0 unspecified atom stereocenters. The lowest BCUT2D eigenvalue weighted by atomic mass is 10.1. The molecule has 0 aromatic carbocycles. The predicted molar refractivity (Wildman–Crippen MR) is 102 cm³/mol. The Morgan fingerprint density at radius 1 is 1.22 bits per heavy atom. The summed E-state index contributed by atoms with van der Waals surface area (Å²) in [6.07, 6.45) is 4.70. The number of hydrogen-bond donors (Lipinski definition) is 1. The van der Waals surface area contributed by atoms with Gasteiger partial charge in [-0.05, 0) is 31.0 Å². The molecule has 140 valence electrons. The zero-order valence-corrected chi connectivity index (χ0v) is 15.7. The molecule has 8 nitrogen and oxygen atoms in total. The van der Waals surface area contributed by atoms with Crippen molar-refractivity contribution < 1.29 is 4.79 Å². The molecule has 0 atom stereocenters. The number of anilines is 1. The number of hydrogen-bond acceptors (Lipinski definition) is 5. The molecule has 0 fully saturated rings. The molecule has 0 saturated carbocycles. The number of aryl methyl sites for hydroxylation is 1. The Morgan fingerprint density at radius 3 is 2.78 bits per heavy atom. The van der Waals surface area contributed by atoms with Gasteiger partial charge in [-0.2, -0.15) is 0 Å². The van der Waals surface area contributed by atoms with Crippen molar-refractivity contribution in [3.8, 4) is 0 Å². The lowest BCUT2D eigenvalue weighted by molar-refractivity contribution is 0.0757. The van der Waals surface area contributed by atoms with E-state index in [1.54, 1.807) is 16.0 Å².